The number of allylic oxidation sites excluding steroid dienone is 2. The van der Waals surface area contributed by atoms with Crippen LogP contribution in [0, 0.1) is 17.3 Å². The van der Waals surface area contributed by atoms with Gasteiger partial charge in [0.2, 0.25) is 0 Å². The van der Waals surface area contributed by atoms with E-state index in [2.05, 4.69) is 39.5 Å². The highest BCUT2D eigenvalue weighted by Gasteiger charge is 2.56. The zero-order chi connectivity index (χ0) is 8.65. The molecule has 1 heteroatoms. The molecule has 0 heterocycles. The first-order valence-electron chi connectivity index (χ1n) is 4.44. The zero-order valence-corrected chi connectivity index (χ0v) is 8.15. The molecular formula is C10H20N+. The molecule has 0 unspecified atom stereocenters. The molecule has 0 aliphatic heterocycles. The maximum absolute atomic E-state index is 3.97. The minimum Gasteiger partial charge on any atom is -0.357 e. The highest BCUT2D eigenvalue weighted by Crippen LogP contribution is 2.58. The predicted molar refractivity (Wildman–Crippen MR) is 47.9 cm³/mol. The number of hydrogen-bond acceptors (Lipinski definition) is 0. The summed E-state index contributed by atoms with van der Waals surface area (Å²) in [7, 11) is 0. The number of quaternary nitrogens is 1. The summed E-state index contributed by atoms with van der Waals surface area (Å²) < 4.78 is 0. The Balaban J connectivity index is 2.59. The molecule has 1 rings (SSSR count). The van der Waals surface area contributed by atoms with Gasteiger partial charge in [0.1, 0.15) is 0 Å². The normalized spacial score (nSPS) is 33.2. The largest absolute Gasteiger partial charge is 0.357 e. The Morgan fingerprint density at radius 3 is 2.27 bits per heavy atom. The van der Waals surface area contributed by atoms with Crippen LogP contribution in [0.5, 0.6) is 0 Å². The molecule has 1 aliphatic carbocycles. The molecule has 0 bridgehead atoms. The van der Waals surface area contributed by atoms with E-state index >= 15 is 0 Å². The quantitative estimate of drug-likeness (QED) is 0.583. The molecule has 11 heavy (non-hydrogen) atoms. The van der Waals surface area contributed by atoms with Gasteiger partial charge in [-0.15, -0.1) is 0 Å². The monoisotopic (exact) mass is 154 g/mol. The van der Waals surface area contributed by atoms with Crippen LogP contribution in [0.3, 0.4) is 0 Å². The van der Waals surface area contributed by atoms with Crippen LogP contribution in [-0.4, -0.2) is 6.54 Å². The van der Waals surface area contributed by atoms with E-state index in [4.69, 9.17) is 0 Å². The van der Waals surface area contributed by atoms with Crippen LogP contribution in [0.1, 0.15) is 27.7 Å². The van der Waals surface area contributed by atoms with Gasteiger partial charge in [-0.3, -0.25) is 0 Å². The number of hydrogen-bond donors (Lipinski definition) is 1. The van der Waals surface area contributed by atoms with Crippen molar-refractivity contribution in [3.8, 4) is 0 Å². The van der Waals surface area contributed by atoms with Crippen LogP contribution >= 0.6 is 0 Å². The Morgan fingerprint density at radius 1 is 1.45 bits per heavy atom. The molecule has 0 aromatic heterocycles. The lowest BCUT2D eigenvalue weighted by Crippen LogP contribution is -2.52. The molecule has 3 N–H and O–H groups in total. The summed E-state index contributed by atoms with van der Waals surface area (Å²) in [5.74, 6) is 1.63. The molecule has 64 valence electrons. The summed E-state index contributed by atoms with van der Waals surface area (Å²) in [5.41, 5.74) is 5.94. The van der Waals surface area contributed by atoms with Crippen molar-refractivity contribution in [1.82, 2.24) is 0 Å². The van der Waals surface area contributed by atoms with Crippen molar-refractivity contribution in [2.75, 3.05) is 6.54 Å². The van der Waals surface area contributed by atoms with Crippen molar-refractivity contribution in [1.29, 1.82) is 0 Å². The van der Waals surface area contributed by atoms with Gasteiger partial charge in [-0.2, -0.15) is 0 Å². The lowest BCUT2D eigenvalue weighted by Gasteiger charge is -1.97. The minimum atomic E-state index is 0.527. The summed E-state index contributed by atoms with van der Waals surface area (Å²) in [6.07, 6.45) is 2.40. The fourth-order valence-corrected chi connectivity index (χ4v) is 2.03. The summed E-state index contributed by atoms with van der Waals surface area (Å²) in [6.45, 7) is 10.1. The van der Waals surface area contributed by atoms with Gasteiger partial charge < -0.3 is 5.73 Å². The Hall–Kier alpha value is -0.300. The average molecular weight is 154 g/mol. The molecule has 1 nitrogen and oxygen atoms in total. The fraction of sp³-hybridized carbons (Fsp3) is 0.800. The van der Waals surface area contributed by atoms with E-state index in [1.54, 1.807) is 0 Å². The van der Waals surface area contributed by atoms with E-state index < -0.39 is 0 Å². The molecule has 0 spiro atoms. The SMILES string of the molecule is CC(C)=C[C@H]1[C@H](C[NH3+])C1(C)C. The summed E-state index contributed by atoms with van der Waals surface area (Å²) in [6, 6.07) is 0. The first-order valence-corrected chi connectivity index (χ1v) is 4.44. The van der Waals surface area contributed by atoms with Crippen molar-refractivity contribution >= 4 is 0 Å². The summed E-state index contributed by atoms with van der Waals surface area (Å²) in [4.78, 5) is 0. The topological polar surface area (TPSA) is 27.6 Å². The smallest absolute Gasteiger partial charge is 0.0779 e. The van der Waals surface area contributed by atoms with Crippen LogP contribution in [0.25, 0.3) is 0 Å². The van der Waals surface area contributed by atoms with Gasteiger partial charge >= 0.3 is 0 Å². The molecule has 0 aromatic rings. The van der Waals surface area contributed by atoms with Gasteiger partial charge in [0, 0.05) is 5.92 Å². The first kappa shape index (κ1) is 8.79. The molecular weight excluding hydrogens is 134 g/mol. The molecule has 0 amide bonds. The molecule has 1 saturated carbocycles. The molecule has 0 aromatic carbocycles. The molecule has 1 fully saturated rings. The van der Waals surface area contributed by atoms with E-state index in [1.165, 1.54) is 5.57 Å². The highest BCUT2D eigenvalue weighted by molar-refractivity contribution is 5.16. The van der Waals surface area contributed by atoms with E-state index in [0.29, 0.717) is 5.41 Å². The van der Waals surface area contributed by atoms with Crippen molar-refractivity contribution in [3.63, 3.8) is 0 Å². The molecule has 0 radical (unpaired) electrons. The molecule has 0 saturated heterocycles. The second kappa shape index (κ2) is 2.63. The lowest BCUT2D eigenvalue weighted by molar-refractivity contribution is -0.374. The third-order valence-corrected chi connectivity index (χ3v) is 2.96. The molecule has 2 atom stereocenters. The van der Waals surface area contributed by atoms with Crippen LogP contribution < -0.4 is 5.73 Å². The van der Waals surface area contributed by atoms with Crippen LogP contribution in [-0.2, 0) is 0 Å². The maximum atomic E-state index is 3.97. The summed E-state index contributed by atoms with van der Waals surface area (Å²) >= 11 is 0. The lowest BCUT2D eigenvalue weighted by atomic mass is 10.1. The van der Waals surface area contributed by atoms with Crippen molar-refractivity contribution in [2.45, 2.75) is 27.7 Å². The minimum absolute atomic E-state index is 0.527. The van der Waals surface area contributed by atoms with Crippen molar-refractivity contribution in [2.24, 2.45) is 17.3 Å². The van der Waals surface area contributed by atoms with Gasteiger partial charge in [-0.05, 0) is 25.2 Å². The third kappa shape index (κ3) is 1.48. The Kier molecular flexibility index (Phi) is 2.10. The van der Waals surface area contributed by atoms with Crippen molar-refractivity contribution < 1.29 is 5.73 Å². The number of rotatable bonds is 2. The van der Waals surface area contributed by atoms with E-state index in [-0.39, 0.29) is 0 Å². The summed E-state index contributed by atoms with van der Waals surface area (Å²) in [5, 5.41) is 0. The van der Waals surface area contributed by atoms with Gasteiger partial charge in [-0.1, -0.05) is 25.5 Å². The van der Waals surface area contributed by atoms with Gasteiger partial charge in [0.25, 0.3) is 0 Å². The molecule has 1 aliphatic rings. The Bertz CT molecular complexity index is 175. The Morgan fingerprint density at radius 2 is 2.00 bits per heavy atom. The van der Waals surface area contributed by atoms with Crippen LogP contribution in [0.2, 0.25) is 0 Å². The van der Waals surface area contributed by atoms with E-state index in [1.807, 2.05) is 0 Å². The van der Waals surface area contributed by atoms with Crippen LogP contribution in [0.15, 0.2) is 11.6 Å². The third-order valence-electron chi connectivity index (χ3n) is 2.96. The fourth-order valence-electron chi connectivity index (χ4n) is 2.03. The van der Waals surface area contributed by atoms with Gasteiger partial charge in [-0.25, -0.2) is 0 Å². The van der Waals surface area contributed by atoms with Crippen LogP contribution in [0.4, 0.5) is 0 Å². The Labute approximate surface area is 69.7 Å². The van der Waals surface area contributed by atoms with Crippen molar-refractivity contribution in [3.05, 3.63) is 11.6 Å². The first-order chi connectivity index (χ1) is 5.00. The highest BCUT2D eigenvalue weighted by atomic mass is 14.7. The second-order valence-corrected chi connectivity index (χ2v) is 4.49. The second-order valence-electron chi connectivity index (χ2n) is 4.49. The zero-order valence-electron chi connectivity index (χ0n) is 8.15. The van der Waals surface area contributed by atoms with E-state index in [9.17, 15) is 0 Å². The van der Waals surface area contributed by atoms with Gasteiger partial charge in [0.15, 0.2) is 0 Å². The average Bonchev–Trinajstić information content (AvgIpc) is 2.33. The van der Waals surface area contributed by atoms with Gasteiger partial charge in [0.05, 0.1) is 6.54 Å². The van der Waals surface area contributed by atoms with E-state index in [0.717, 1.165) is 18.4 Å². The predicted octanol–water partition coefficient (Wildman–Crippen LogP) is 1.47. The maximum Gasteiger partial charge on any atom is 0.0779 e. The standard InChI is InChI=1S/C10H19N/c1-7(2)5-8-9(6-11)10(8,3)4/h5,8-9H,6,11H2,1-4H3/p+1/t8-,9-/m0/s1.